The lowest BCUT2D eigenvalue weighted by Gasteiger charge is -2.06. The first-order chi connectivity index (χ1) is 9.65. The molecule has 4 nitrogen and oxygen atoms in total. The molecule has 0 bridgehead atoms. The van der Waals surface area contributed by atoms with E-state index in [1.165, 1.54) is 11.1 Å². The van der Waals surface area contributed by atoms with Gasteiger partial charge in [0.15, 0.2) is 0 Å². The highest BCUT2D eigenvalue weighted by Crippen LogP contribution is 2.44. The van der Waals surface area contributed by atoms with Gasteiger partial charge in [0.25, 0.3) is 5.91 Å². The van der Waals surface area contributed by atoms with E-state index in [9.17, 15) is 4.79 Å². The number of carbonyl (C=O) groups is 1. The van der Waals surface area contributed by atoms with Crippen LogP contribution in [0.2, 0.25) is 0 Å². The molecule has 1 saturated heterocycles. The quantitative estimate of drug-likeness (QED) is 0.912. The highest BCUT2D eigenvalue weighted by molar-refractivity contribution is 6.06. The summed E-state index contributed by atoms with van der Waals surface area (Å²) < 4.78 is 10.9. The zero-order valence-corrected chi connectivity index (χ0v) is 11.6. The number of amides is 1. The van der Waals surface area contributed by atoms with Crippen LogP contribution in [-0.4, -0.2) is 25.2 Å². The summed E-state index contributed by atoms with van der Waals surface area (Å²) in [7, 11) is 0. The molecule has 4 heteroatoms. The standard InChI is InChI=1S/C16H17NO3/c1-8-3-10-13(7-20-14(10)4-9(8)2)16(18)17-15-11-5-19-6-12(11)15/h3-4,7,11-12,15H,5-6H2,1-2H3,(H,17,18)/t11-,12+,15?. The smallest absolute Gasteiger partial charge is 0.255 e. The van der Waals surface area contributed by atoms with Crippen molar-refractivity contribution in [2.45, 2.75) is 19.9 Å². The average molecular weight is 271 g/mol. The number of furan rings is 1. The van der Waals surface area contributed by atoms with E-state index in [-0.39, 0.29) is 11.9 Å². The first-order valence-corrected chi connectivity index (χ1v) is 7.02. The summed E-state index contributed by atoms with van der Waals surface area (Å²) in [6.45, 7) is 5.65. The minimum absolute atomic E-state index is 0.0357. The highest BCUT2D eigenvalue weighted by atomic mass is 16.5. The number of carbonyl (C=O) groups excluding carboxylic acids is 1. The molecule has 1 aromatic heterocycles. The zero-order valence-electron chi connectivity index (χ0n) is 11.6. The summed E-state index contributed by atoms with van der Waals surface area (Å²) in [5.74, 6) is 0.994. The Morgan fingerprint density at radius 2 is 1.90 bits per heavy atom. The summed E-state index contributed by atoms with van der Waals surface area (Å²) in [5, 5.41) is 4.00. The second-order valence-corrected chi connectivity index (χ2v) is 5.95. The molecule has 0 spiro atoms. The molecule has 2 aliphatic rings. The van der Waals surface area contributed by atoms with Gasteiger partial charge in [-0.25, -0.2) is 0 Å². The van der Waals surface area contributed by atoms with Crippen molar-refractivity contribution >= 4 is 16.9 Å². The van der Waals surface area contributed by atoms with Crippen LogP contribution in [0.5, 0.6) is 0 Å². The van der Waals surface area contributed by atoms with Crippen LogP contribution >= 0.6 is 0 Å². The Kier molecular flexibility index (Phi) is 2.45. The van der Waals surface area contributed by atoms with Crippen LogP contribution in [0.3, 0.4) is 0 Å². The van der Waals surface area contributed by atoms with E-state index < -0.39 is 0 Å². The lowest BCUT2D eigenvalue weighted by molar-refractivity contribution is 0.0929. The highest BCUT2D eigenvalue weighted by Gasteiger charge is 2.54. The van der Waals surface area contributed by atoms with Crippen LogP contribution in [0, 0.1) is 25.7 Å². The molecule has 1 amide bonds. The van der Waals surface area contributed by atoms with Crippen LogP contribution in [0.25, 0.3) is 11.0 Å². The molecule has 1 N–H and O–H groups in total. The Balaban J connectivity index is 1.61. The normalized spacial score (nSPS) is 27.6. The largest absolute Gasteiger partial charge is 0.463 e. The Labute approximate surface area is 117 Å². The molecule has 2 heterocycles. The molecule has 2 fully saturated rings. The van der Waals surface area contributed by atoms with E-state index in [0.29, 0.717) is 17.4 Å². The molecule has 2 aromatic rings. The van der Waals surface area contributed by atoms with Gasteiger partial charge in [0, 0.05) is 23.3 Å². The first-order valence-electron chi connectivity index (χ1n) is 7.02. The monoisotopic (exact) mass is 271 g/mol. The van der Waals surface area contributed by atoms with E-state index in [1.54, 1.807) is 6.26 Å². The minimum Gasteiger partial charge on any atom is -0.463 e. The van der Waals surface area contributed by atoms with Crippen molar-refractivity contribution in [3.8, 4) is 0 Å². The second kappa shape index (κ2) is 4.09. The van der Waals surface area contributed by atoms with Gasteiger partial charge in [-0.3, -0.25) is 4.79 Å². The summed E-state index contributed by atoms with van der Waals surface area (Å²) in [5.41, 5.74) is 3.75. The van der Waals surface area contributed by atoms with Gasteiger partial charge < -0.3 is 14.5 Å². The van der Waals surface area contributed by atoms with E-state index >= 15 is 0 Å². The minimum atomic E-state index is -0.0357. The molecular formula is C16H17NO3. The van der Waals surface area contributed by atoms with Crippen LogP contribution in [-0.2, 0) is 4.74 Å². The van der Waals surface area contributed by atoms with E-state index in [2.05, 4.69) is 5.32 Å². The summed E-state index contributed by atoms with van der Waals surface area (Å²) in [6, 6.07) is 4.30. The topological polar surface area (TPSA) is 51.5 Å². The number of fused-ring (bicyclic) bond motifs is 2. The number of aryl methyl sites for hydroxylation is 2. The Morgan fingerprint density at radius 3 is 2.65 bits per heavy atom. The molecule has 1 unspecified atom stereocenters. The lowest BCUT2D eigenvalue weighted by Crippen LogP contribution is -2.29. The van der Waals surface area contributed by atoms with Crippen molar-refractivity contribution in [2.75, 3.05) is 13.2 Å². The second-order valence-electron chi connectivity index (χ2n) is 5.95. The maximum Gasteiger partial charge on any atom is 0.255 e. The van der Waals surface area contributed by atoms with Crippen LogP contribution in [0.4, 0.5) is 0 Å². The predicted octanol–water partition coefficient (Wildman–Crippen LogP) is 2.42. The fourth-order valence-corrected chi connectivity index (χ4v) is 3.14. The molecule has 1 aliphatic carbocycles. The van der Waals surface area contributed by atoms with Gasteiger partial charge in [-0.1, -0.05) is 0 Å². The third-order valence-corrected chi connectivity index (χ3v) is 4.68. The predicted molar refractivity (Wildman–Crippen MR) is 74.7 cm³/mol. The van der Waals surface area contributed by atoms with E-state index in [0.717, 1.165) is 24.2 Å². The number of hydrogen-bond donors (Lipinski definition) is 1. The molecule has 4 rings (SSSR count). The Bertz CT molecular complexity index is 693. The van der Waals surface area contributed by atoms with Crippen molar-refractivity contribution in [1.29, 1.82) is 0 Å². The number of ether oxygens (including phenoxy) is 1. The maximum absolute atomic E-state index is 12.4. The van der Waals surface area contributed by atoms with Crippen molar-refractivity contribution in [3.05, 3.63) is 35.1 Å². The Morgan fingerprint density at radius 1 is 1.20 bits per heavy atom. The number of nitrogens with one attached hydrogen (secondary N) is 1. The van der Waals surface area contributed by atoms with Gasteiger partial charge >= 0.3 is 0 Å². The molecular weight excluding hydrogens is 254 g/mol. The van der Waals surface area contributed by atoms with Gasteiger partial charge in [0.1, 0.15) is 11.8 Å². The lowest BCUT2D eigenvalue weighted by atomic mass is 10.1. The van der Waals surface area contributed by atoms with Crippen molar-refractivity contribution in [2.24, 2.45) is 11.8 Å². The molecule has 3 atom stereocenters. The van der Waals surface area contributed by atoms with Crippen molar-refractivity contribution in [3.63, 3.8) is 0 Å². The van der Waals surface area contributed by atoms with Crippen molar-refractivity contribution in [1.82, 2.24) is 5.32 Å². The van der Waals surface area contributed by atoms with E-state index in [1.807, 2.05) is 26.0 Å². The average Bonchev–Trinajstić information content (AvgIpc) is 2.84. The summed E-state index contributed by atoms with van der Waals surface area (Å²) in [6.07, 6.45) is 1.56. The molecule has 104 valence electrons. The van der Waals surface area contributed by atoms with Crippen molar-refractivity contribution < 1.29 is 13.9 Å². The molecule has 1 aliphatic heterocycles. The fraction of sp³-hybridized carbons (Fsp3) is 0.438. The van der Waals surface area contributed by atoms with E-state index in [4.69, 9.17) is 9.15 Å². The van der Waals surface area contributed by atoms with Gasteiger partial charge in [-0.2, -0.15) is 0 Å². The van der Waals surface area contributed by atoms with Gasteiger partial charge in [0.05, 0.1) is 18.8 Å². The van der Waals surface area contributed by atoms with Gasteiger partial charge in [-0.15, -0.1) is 0 Å². The fourth-order valence-electron chi connectivity index (χ4n) is 3.14. The van der Waals surface area contributed by atoms with Gasteiger partial charge in [0.2, 0.25) is 0 Å². The molecule has 0 radical (unpaired) electrons. The van der Waals surface area contributed by atoms with Crippen LogP contribution < -0.4 is 5.32 Å². The third-order valence-electron chi connectivity index (χ3n) is 4.68. The molecule has 20 heavy (non-hydrogen) atoms. The summed E-state index contributed by atoms with van der Waals surface area (Å²) in [4.78, 5) is 12.4. The number of hydrogen-bond acceptors (Lipinski definition) is 3. The summed E-state index contributed by atoms with van der Waals surface area (Å²) >= 11 is 0. The number of benzene rings is 1. The third kappa shape index (κ3) is 1.68. The molecule has 1 saturated carbocycles. The maximum atomic E-state index is 12.4. The SMILES string of the molecule is Cc1cc2occ(C(=O)NC3[C@H]4COC[C@@H]34)c2cc1C. The first kappa shape index (κ1) is 12.0. The van der Waals surface area contributed by atoms with Crippen LogP contribution in [0.1, 0.15) is 21.5 Å². The van der Waals surface area contributed by atoms with Gasteiger partial charge in [-0.05, 0) is 37.1 Å². The Hall–Kier alpha value is -1.81. The number of rotatable bonds is 2. The zero-order chi connectivity index (χ0) is 13.9. The van der Waals surface area contributed by atoms with Crippen LogP contribution in [0.15, 0.2) is 22.8 Å². The molecule has 1 aromatic carbocycles.